The van der Waals surface area contributed by atoms with Crippen LogP contribution in [0.3, 0.4) is 0 Å². The Morgan fingerprint density at radius 1 is 1.54 bits per heavy atom. The molecule has 1 aliphatic heterocycles. The zero-order valence-electron chi connectivity index (χ0n) is 6.84. The molecule has 1 aromatic rings. The van der Waals surface area contributed by atoms with Crippen LogP contribution < -0.4 is 0 Å². The van der Waals surface area contributed by atoms with Gasteiger partial charge in [0, 0.05) is 5.56 Å². The van der Waals surface area contributed by atoms with Gasteiger partial charge in [-0.15, -0.1) is 11.3 Å². The third-order valence-electron chi connectivity index (χ3n) is 1.78. The number of oxime groups is 1. The maximum absolute atomic E-state index is 8.40. The van der Waals surface area contributed by atoms with Gasteiger partial charge < -0.3 is 14.7 Å². The molecule has 2 rings (SSSR count). The minimum atomic E-state index is -0.292. The Labute approximate surface area is 79.4 Å². The quantitative estimate of drug-likeness (QED) is 0.447. The summed E-state index contributed by atoms with van der Waals surface area (Å²) in [6.07, 6.45) is 1.10. The lowest BCUT2D eigenvalue weighted by molar-refractivity contribution is -0.0438. The third-order valence-corrected chi connectivity index (χ3v) is 2.65. The molecule has 13 heavy (non-hydrogen) atoms. The zero-order chi connectivity index (χ0) is 9.10. The largest absolute Gasteiger partial charge is 0.411 e. The average Bonchev–Trinajstić information content (AvgIpc) is 2.71. The van der Waals surface area contributed by atoms with Crippen molar-refractivity contribution in [1.29, 1.82) is 0 Å². The Balaban J connectivity index is 2.22. The van der Waals surface area contributed by atoms with E-state index in [1.165, 1.54) is 17.6 Å². The first-order valence-electron chi connectivity index (χ1n) is 3.90. The van der Waals surface area contributed by atoms with E-state index in [4.69, 9.17) is 14.7 Å². The summed E-state index contributed by atoms with van der Waals surface area (Å²) in [6.45, 7) is 1.24. The van der Waals surface area contributed by atoms with Gasteiger partial charge in [-0.3, -0.25) is 0 Å². The van der Waals surface area contributed by atoms with E-state index in [9.17, 15) is 0 Å². The number of hydrogen-bond donors (Lipinski definition) is 1. The van der Waals surface area contributed by atoms with E-state index in [1.54, 1.807) is 0 Å². The molecule has 0 saturated carbocycles. The van der Waals surface area contributed by atoms with E-state index in [0.717, 1.165) is 10.4 Å². The summed E-state index contributed by atoms with van der Waals surface area (Å²) >= 11 is 1.49. The van der Waals surface area contributed by atoms with Crippen LogP contribution in [-0.4, -0.2) is 24.6 Å². The molecule has 1 aliphatic rings. The number of thiophene rings is 1. The molecule has 0 aromatic carbocycles. The highest BCUT2D eigenvalue weighted by molar-refractivity contribution is 7.11. The zero-order valence-corrected chi connectivity index (χ0v) is 7.66. The van der Waals surface area contributed by atoms with Gasteiger partial charge in [0.1, 0.15) is 0 Å². The monoisotopic (exact) mass is 199 g/mol. The van der Waals surface area contributed by atoms with Crippen LogP contribution in [0.4, 0.5) is 0 Å². The molecule has 4 nitrogen and oxygen atoms in total. The maximum atomic E-state index is 8.40. The Kier molecular flexibility index (Phi) is 2.58. The first-order chi connectivity index (χ1) is 6.42. The van der Waals surface area contributed by atoms with Gasteiger partial charge in [0.2, 0.25) is 0 Å². The third kappa shape index (κ3) is 1.72. The molecule has 0 spiro atoms. The van der Waals surface area contributed by atoms with Crippen molar-refractivity contribution < 1.29 is 14.7 Å². The predicted molar refractivity (Wildman–Crippen MR) is 48.3 cm³/mol. The van der Waals surface area contributed by atoms with Crippen LogP contribution in [-0.2, 0) is 9.47 Å². The van der Waals surface area contributed by atoms with Crippen molar-refractivity contribution in [2.45, 2.75) is 6.29 Å². The van der Waals surface area contributed by atoms with Crippen molar-refractivity contribution in [1.82, 2.24) is 0 Å². The molecule has 1 N–H and O–H groups in total. The number of nitrogens with zero attached hydrogens (tertiary/aromatic N) is 1. The second kappa shape index (κ2) is 3.87. The van der Waals surface area contributed by atoms with E-state index in [0.29, 0.717) is 13.2 Å². The predicted octanol–water partition coefficient (Wildman–Crippen LogP) is 1.60. The summed E-state index contributed by atoms with van der Waals surface area (Å²) in [7, 11) is 0. The molecular formula is C8H9NO3S. The first kappa shape index (κ1) is 8.68. The highest BCUT2D eigenvalue weighted by atomic mass is 32.1. The maximum Gasteiger partial charge on any atom is 0.185 e. The summed E-state index contributed by atoms with van der Waals surface area (Å²) < 4.78 is 10.7. The Bertz CT molecular complexity index is 304. The molecule has 2 heterocycles. The Morgan fingerprint density at radius 3 is 3.00 bits per heavy atom. The molecule has 0 atom stereocenters. The Morgan fingerprint density at radius 2 is 2.31 bits per heavy atom. The second-order valence-electron chi connectivity index (χ2n) is 2.56. The minimum absolute atomic E-state index is 0.292. The molecule has 1 fully saturated rings. The lowest BCUT2D eigenvalue weighted by Crippen LogP contribution is -1.98. The van der Waals surface area contributed by atoms with E-state index >= 15 is 0 Å². The highest BCUT2D eigenvalue weighted by Gasteiger charge is 2.21. The minimum Gasteiger partial charge on any atom is -0.411 e. The van der Waals surface area contributed by atoms with Gasteiger partial charge in [-0.2, -0.15) is 0 Å². The van der Waals surface area contributed by atoms with Crippen LogP contribution in [0.5, 0.6) is 0 Å². The molecule has 1 aromatic heterocycles. The number of rotatable bonds is 2. The number of ether oxygens (including phenoxy) is 2. The molecule has 0 bridgehead atoms. The molecule has 0 unspecified atom stereocenters. The van der Waals surface area contributed by atoms with Gasteiger partial charge in [-0.1, -0.05) is 5.16 Å². The normalized spacial score (nSPS) is 18.8. The van der Waals surface area contributed by atoms with Gasteiger partial charge in [-0.05, 0) is 11.4 Å². The fraction of sp³-hybridized carbons (Fsp3) is 0.375. The molecular weight excluding hydrogens is 190 g/mol. The molecule has 1 saturated heterocycles. The molecule has 0 radical (unpaired) electrons. The fourth-order valence-electron chi connectivity index (χ4n) is 1.22. The van der Waals surface area contributed by atoms with Crippen LogP contribution in [0.15, 0.2) is 16.6 Å². The molecule has 70 valence electrons. The van der Waals surface area contributed by atoms with Crippen molar-refractivity contribution in [2.75, 3.05) is 13.2 Å². The topological polar surface area (TPSA) is 51.1 Å². The van der Waals surface area contributed by atoms with Crippen LogP contribution in [0.2, 0.25) is 0 Å². The van der Waals surface area contributed by atoms with Crippen molar-refractivity contribution in [2.24, 2.45) is 5.16 Å². The number of hydrogen-bond acceptors (Lipinski definition) is 5. The highest BCUT2D eigenvalue weighted by Crippen LogP contribution is 2.28. The summed E-state index contributed by atoms with van der Waals surface area (Å²) in [6, 6.07) is 1.91. The SMILES string of the molecule is ON=Cc1sccc1C1OCCO1. The fourth-order valence-corrected chi connectivity index (χ4v) is 1.99. The summed E-state index contributed by atoms with van der Waals surface area (Å²) in [4.78, 5) is 0.870. The van der Waals surface area contributed by atoms with E-state index in [2.05, 4.69) is 5.16 Å². The van der Waals surface area contributed by atoms with Gasteiger partial charge in [0.25, 0.3) is 0 Å². The second-order valence-corrected chi connectivity index (χ2v) is 3.51. The van der Waals surface area contributed by atoms with Gasteiger partial charge >= 0.3 is 0 Å². The standard InChI is InChI=1S/C8H9NO3S/c10-9-5-7-6(1-4-13-7)8-11-2-3-12-8/h1,4-5,8,10H,2-3H2. The molecule has 0 amide bonds. The molecule has 0 aliphatic carbocycles. The van der Waals surface area contributed by atoms with Gasteiger partial charge in [0.05, 0.1) is 24.3 Å². The Hall–Kier alpha value is -0.910. The van der Waals surface area contributed by atoms with E-state index in [1.807, 2.05) is 11.4 Å². The summed E-state index contributed by atoms with van der Waals surface area (Å²) in [5, 5.41) is 13.3. The lowest BCUT2D eigenvalue weighted by Gasteiger charge is -2.07. The van der Waals surface area contributed by atoms with E-state index < -0.39 is 0 Å². The van der Waals surface area contributed by atoms with Gasteiger partial charge in [-0.25, -0.2) is 0 Å². The van der Waals surface area contributed by atoms with Crippen LogP contribution in [0, 0.1) is 0 Å². The van der Waals surface area contributed by atoms with Gasteiger partial charge in [0.15, 0.2) is 6.29 Å². The van der Waals surface area contributed by atoms with Crippen molar-refractivity contribution >= 4 is 17.6 Å². The van der Waals surface area contributed by atoms with Crippen LogP contribution >= 0.6 is 11.3 Å². The summed E-state index contributed by atoms with van der Waals surface area (Å²) in [5.41, 5.74) is 0.931. The molecule has 5 heteroatoms. The van der Waals surface area contributed by atoms with Crippen LogP contribution in [0.25, 0.3) is 0 Å². The first-order valence-corrected chi connectivity index (χ1v) is 4.78. The smallest absolute Gasteiger partial charge is 0.185 e. The van der Waals surface area contributed by atoms with Crippen molar-refractivity contribution in [3.05, 3.63) is 21.9 Å². The lowest BCUT2D eigenvalue weighted by atomic mass is 10.2. The van der Waals surface area contributed by atoms with E-state index in [-0.39, 0.29) is 6.29 Å². The van der Waals surface area contributed by atoms with Crippen LogP contribution in [0.1, 0.15) is 16.7 Å². The average molecular weight is 199 g/mol. The van der Waals surface area contributed by atoms with Crippen molar-refractivity contribution in [3.8, 4) is 0 Å². The summed E-state index contributed by atoms with van der Waals surface area (Å²) in [5.74, 6) is 0. The van der Waals surface area contributed by atoms with Crippen molar-refractivity contribution in [3.63, 3.8) is 0 Å².